The molecule has 2 aromatic carbocycles. The molecule has 0 aromatic heterocycles. The molecule has 0 spiro atoms. The molecule has 0 bridgehead atoms. The Morgan fingerprint density at radius 1 is 1.11 bits per heavy atom. The number of amides is 2. The van der Waals surface area contributed by atoms with Gasteiger partial charge in [0.25, 0.3) is 0 Å². The van der Waals surface area contributed by atoms with Gasteiger partial charge in [-0.3, -0.25) is 0 Å². The van der Waals surface area contributed by atoms with Crippen molar-refractivity contribution in [1.82, 2.24) is 10.6 Å². The molecular weight excluding hydrogens is 358 g/mol. The molecule has 1 aliphatic rings. The number of ether oxygens (including phenoxy) is 2. The fourth-order valence-corrected chi connectivity index (χ4v) is 2.88. The van der Waals surface area contributed by atoms with E-state index in [1.165, 1.54) is 0 Å². The van der Waals surface area contributed by atoms with Gasteiger partial charge in [-0.05, 0) is 31.2 Å². The first-order valence-corrected chi connectivity index (χ1v) is 9.05. The van der Waals surface area contributed by atoms with Crippen molar-refractivity contribution in [2.45, 2.75) is 6.92 Å². The Morgan fingerprint density at radius 3 is 2.57 bits per heavy atom. The highest BCUT2D eigenvalue weighted by molar-refractivity contribution is 5.93. The first-order chi connectivity index (χ1) is 13.6. The number of nitrogens with zero attached hydrogens (tertiary/aromatic N) is 1. The van der Waals surface area contributed by atoms with Gasteiger partial charge in [0.15, 0.2) is 5.75 Å². The summed E-state index contributed by atoms with van der Waals surface area (Å²) in [7, 11) is 1.87. The molecular formula is C21H23N3O4. The summed E-state index contributed by atoms with van der Waals surface area (Å²) >= 11 is 0. The Kier molecular flexibility index (Phi) is 6.16. The molecule has 1 heterocycles. The summed E-state index contributed by atoms with van der Waals surface area (Å²) in [5.74, 6) is 0.965. The molecule has 7 heteroatoms. The van der Waals surface area contributed by atoms with Gasteiger partial charge in [0.1, 0.15) is 5.75 Å². The number of carbonyl (C=O) groups is 2. The van der Waals surface area contributed by atoms with Crippen molar-refractivity contribution in [2.24, 2.45) is 0 Å². The summed E-state index contributed by atoms with van der Waals surface area (Å²) in [5, 5.41) is 5.33. The van der Waals surface area contributed by atoms with E-state index in [2.05, 4.69) is 10.6 Å². The van der Waals surface area contributed by atoms with Gasteiger partial charge < -0.3 is 25.0 Å². The van der Waals surface area contributed by atoms with E-state index in [1.54, 1.807) is 6.92 Å². The van der Waals surface area contributed by atoms with Crippen LogP contribution in [0.3, 0.4) is 0 Å². The molecule has 2 amide bonds. The Bertz CT molecular complexity index is 880. The molecule has 146 valence electrons. The number of hydrogen-bond acceptors (Lipinski definition) is 5. The van der Waals surface area contributed by atoms with Crippen LogP contribution >= 0.6 is 0 Å². The van der Waals surface area contributed by atoms with Crippen molar-refractivity contribution in [2.75, 3.05) is 31.6 Å². The molecule has 0 saturated heterocycles. The number of para-hydroxylation sites is 3. The van der Waals surface area contributed by atoms with Crippen molar-refractivity contribution < 1.29 is 19.1 Å². The minimum Gasteiger partial charge on any atom is -0.463 e. The topological polar surface area (TPSA) is 79.9 Å². The lowest BCUT2D eigenvalue weighted by molar-refractivity contribution is -0.138. The van der Waals surface area contributed by atoms with Gasteiger partial charge in [-0.2, -0.15) is 0 Å². The van der Waals surface area contributed by atoms with Crippen LogP contribution in [0.5, 0.6) is 11.5 Å². The zero-order chi connectivity index (χ0) is 19.9. The van der Waals surface area contributed by atoms with Crippen LogP contribution < -0.4 is 20.3 Å². The van der Waals surface area contributed by atoms with Crippen molar-refractivity contribution in [3.63, 3.8) is 0 Å². The molecule has 1 aliphatic heterocycles. The number of carbonyl (C=O) groups excluding carboxylic acids is 2. The maximum absolute atomic E-state index is 12.2. The van der Waals surface area contributed by atoms with Crippen LogP contribution in [0.2, 0.25) is 0 Å². The Morgan fingerprint density at radius 2 is 1.82 bits per heavy atom. The summed E-state index contributed by atoms with van der Waals surface area (Å²) in [5.41, 5.74) is 1.75. The fourth-order valence-electron chi connectivity index (χ4n) is 2.88. The third-order valence-corrected chi connectivity index (χ3v) is 4.22. The average molecular weight is 381 g/mol. The fraction of sp³-hybridized carbons (Fsp3) is 0.238. The molecule has 0 radical (unpaired) electrons. The largest absolute Gasteiger partial charge is 0.463 e. The van der Waals surface area contributed by atoms with E-state index >= 15 is 0 Å². The summed E-state index contributed by atoms with van der Waals surface area (Å²) in [4.78, 5) is 25.9. The number of nitrogens with one attached hydrogen (secondary N) is 2. The average Bonchev–Trinajstić information content (AvgIpc) is 2.69. The number of urea groups is 1. The zero-order valence-corrected chi connectivity index (χ0v) is 15.9. The van der Waals surface area contributed by atoms with E-state index in [4.69, 9.17) is 9.47 Å². The summed E-state index contributed by atoms with van der Waals surface area (Å²) in [6, 6.07) is 16.8. The minimum atomic E-state index is -0.438. The summed E-state index contributed by atoms with van der Waals surface area (Å²) in [6.45, 7) is 2.47. The van der Waals surface area contributed by atoms with Crippen LogP contribution in [-0.4, -0.2) is 38.7 Å². The smallest absolute Gasteiger partial charge is 0.337 e. The van der Waals surface area contributed by atoms with E-state index in [9.17, 15) is 9.59 Å². The number of likely N-dealkylation sites (N-methyl/N-ethyl adjacent to an activating group) is 1. The van der Waals surface area contributed by atoms with Crippen molar-refractivity contribution in [1.29, 1.82) is 0 Å². The zero-order valence-electron chi connectivity index (χ0n) is 15.9. The van der Waals surface area contributed by atoms with Crippen LogP contribution in [0.1, 0.15) is 6.92 Å². The highest BCUT2D eigenvalue weighted by Crippen LogP contribution is 2.32. The van der Waals surface area contributed by atoms with Crippen LogP contribution in [-0.2, 0) is 9.53 Å². The number of anilines is 1. The number of esters is 1. The minimum absolute atomic E-state index is 0.135. The summed E-state index contributed by atoms with van der Waals surface area (Å²) in [6.07, 6.45) is 0. The lowest BCUT2D eigenvalue weighted by Crippen LogP contribution is -2.46. The maximum Gasteiger partial charge on any atom is 0.337 e. The third-order valence-electron chi connectivity index (χ3n) is 4.22. The normalized spacial score (nSPS) is 13.4. The summed E-state index contributed by atoms with van der Waals surface area (Å²) < 4.78 is 11.1. The Hall–Kier alpha value is -3.48. The predicted octanol–water partition coefficient (Wildman–Crippen LogP) is 3.05. The van der Waals surface area contributed by atoms with Gasteiger partial charge in [0.05, 0.1) is 36.7 Å². The van der Waals surface area contributed by atoms with Crippen LogP contribution in [0.15, 0.2) is 65.9 Å². The molecule has 0 unspecified atom stereocenters. The van der Waals surface area contributed by atoms with Gasteiger partial charge in [-0.1, -0.05) is 30.3 Å². The van der Waals surface area contributed by atoms with Gasteiger partial charge in [0.2, 0.25) is 0 Å². The monoisotopic (exact) mass is 381 g/mol. The second kappa shape index (κ2) is 8.94. The molecule has 0 fully saturated rings. The lowest BCUT2D eigenvalue weighted by Gasteiger charge is -2.27. The molecule has 2 aromatic rings. The molecule has 7 nitrogen and oxygen atoms in total. The Labute approximate surface area is 163 Å². The molecule has 0 saturated carbocycles. The van der Waals surface area contributed by atoms with E-state index in [0.29, 0.717) is 23.6 Å². The van der Waals surface area contributed by atoms with E-state index in [-0.39, 0.29) is 19.2 Å². The van der Waals surface area contributed by atoms with Gasteiger partial charge in [0, 0.05) is 7.05 Å². The number of rotatable bonds is 7. The third kappa shape index (κ3) is 4.62. The predicted molar refractivity (Wildman–Crippen MR) is 106 cm³/mol. The van der Waals surface area contributed by atoms with E-state index < -0.39 is 5.97 Å². The van der Waals surface area contributed by atoms with E-state index in [0.717, 1.165) is 11.4 Å². The van der Waals surface area contributed by atoms with Crippen LogP contribution in [0.25, 0.3) is 0 Å². The quantitative estimate of drug-likeness (QED) is 0.721. The molecule has 2 N–H and O–H groups in total. The van der Waals surface area contributed by atoms with Crippen LogP contribution in [0, 0.1) is 0 Å². The molecule has 28 heavy (non-hydrogen) atoms. The van der Waals surface area contributed by atoms with E-state index in [1.807, 2.05) is 66.5 Å². The molecule has 3 rings (SSSR count). The molecule has 0 atom stereocenters. The lowest BCUT2D eigenvalue weighted by atomic mass is 10.1. The van der Waals surface area contributed by atoms with Gasteiger partial charge >= 0.3 is 12.0 Å². The first-order valence-electron chi connectivity index (χ1n) is 9.05. The second-order valence-corrected chi connectivity index (χ2v) is 6.22. The first kappa shape index (κ1) is 19.3. The SMILES string of the molecule is CCOC(=O)C1=C(CN(C)c2ccccc2Oc2ccccc2)NC(=O)NC1. The highest BCUT2D eigenvalue weighted by Gasteiger charge is 2.25. The van der Waals surface area contributed by atoms with Crippen LogP contribution in [0.4, 0.5) is 10.5 Å². The van der Waals surface area contributed by atoms with Gasteiger partial charge in [-0.15, -0.1) is 0 Å². The maximum atomic E-state index is 12.2. The van der Waals surface area contributed by atoms with Crippen molar-refractivity contribution >= 4 is 17.7 Å². The standard InChI is InChI=1S/C21H23N3O4/c1-3-27-20(25)16-13-22-21(26)23-17(16)14-24(2)18-11-7-8-12-19(18)28-15-9-5-4-6-10-15/h4-12H,3,13-14H2,1-2H3,(H2,22,23,26). The van der Waals surface area contributed by atoms with Gasteiger partial charge in [-0.25, -0.2) is 9.59 Å². The second-order valence-electron chi connectivity index (χ2n) is 6.22. The van der Waals surface area contributed by atoms with Crippen molar-refractivity contribution in [3.05, 3.63) is 65.9 Å². The Balaban J connectivity index is 1.84. The number of hydrogen-bond donors (Lipinski definition) is 2. The number of benzene rings is 2. The molecule has 0 aliphatic carbocycles. The van der Waals surface area contributed by atoms with Crippen molar-refractivity contribution in [3.8, 4) is 11.5 Å². The highest BCUT2D eigenvalue weighted by atomic mass is 16.5.